The molecule has 0 saturated heterocycles. The van der Waals surface area contributed by atoms with Crippen LogP contribution in [0.15, 0.2) is 24.3 Å². The van der Waals surface area contributed by atoms with Crippen molar-refractivity contribution >= 4 is 5.97 Å². The largest absolute Gasteiger partial charge is 0.478 e. The first-order valence-corrected chi connectivity index (χ1v) is 5.20. The molecule has 1 aromatic rings. The average molecular weight is 206 g/mol. The van der Waals surface area contributed by atoms with Crippen LogP contribution in [-0.4, -0.2) is 16.2 Å². The molecule has 0 bridgehead atoms. The number of benzene rings is 1. The first-order valence-electron chi connectivity index (χ1n) is 5.20. The maximum atomic E-state index is 10.6. The predicted molar refractivity (Wildman–Crippen MR) is 55.7 cm³/mol. The Balaban J connectivity index is 2.11. The van der Waals surface area contributed by atoms with E-state index in [0.717, 1.165) is 18.4 Å². The minimum Gasteiger partial charge on any atom is -0.478 e. The van der Waals surface area contributed by atoms with Crippen LogP contribution in [0.5, 0.6) is 0 Å². The van der Waals surface area contributed by atoms with Crippen LogP contribution in [0.1, 0.15) is 41.3 Å². The van der Waals surface area contributed by atoms with Crippen molar-refractivity contribution in [3.63, 3.8) is 0 Å². The summed E-state index contributed by atoms with van der Waals surface area (Å²) in [6.45, 7) is 0. The van der Waals surface area contributed by atoms with Crippen LogP contribution in [0.3, 0.4) is 0 Å². The molecule has 1 saturated carbocycles. The molecule has 2 rings (SSSR count). The molecule has 1 fully saturated rings. The summed E-state index contributed by atoms with van der Waals surface area (Å²) in [7, 11) is 0. The zero-order valence-corrected chi connectivity index (χ0v) is 8.39. The van der Waals surface area contributed by atoms with Gasteiger partial charge in [0.05, 0.1) is 11.7 Å². The summed E-state index contributed by atoms with van der Waals surface area (Å²) < 4.78 is 0. The van der Waals surface area contributed by atoms with Gasteiger partial charge >= 0.3 is 5.97 Å². The van der Waals surface area contributed by atoms with Crippen LogP contribution < -0.4 is 0 Å². The standard InChI is InChI=1S/C12H14O3/c13-11(8-2-1-3-8)9-4-6-10(7-5-9)12(14)15/h4-8,11,13H,1-3H2,(H,14,15)/t11-/m0/s1. The number of aliphatic hydroxyl groups is 1. The Labute approximate surface area is 88.4 Å². The summed E-state index contributed by atoms with van der Waals surface area (Å²) in [6.07, 6.45) is 2.90. The number of rotatable bonds is 3. The number of hydrogen-bond donors (Lipinski definition) is 2. The number of hydrogen-bond acceptors (Lipinski definition) is 2. The van der Waals surface area contributed by atoms with E-state index in [0.29, 0.717) is 5.92 Å². The maximum absolute atomic E-state index is 10.6. The number of aliphatic hydroxyl groups excluding tert-OH is 1. The van der Waals surface area contributed by atoms with Crippen LogP contribution in [0, 0.1) is 5.92 Å². The molecular weight excluding hydrogens is 192 g/mol. The lowest BCUT2D eigenvalue weighted by molar-refractivity contribution is 0.0618. The van der Waals surface area contributed by atoms with E-state index in [1.165, 1.54) is 6.42 Å². The molecule has 0 aromatic heterocycles. The second-order valence-electron chi connectivity index (χ2n) is 4.06. The van der Waals surface area contributed by atoms with E-state index in [2.05, 4.69) is 0 Å². The molecule has 0 spiro atoms. The van der Waals surface area contributed by atoms with Crippen molar-refractivity contribution in [2.75, 3.05) is 0 Å². The monoisotopic (exact) mass is 206 g/mol. The zero-order valence-electron chi connectivity index (χ0n) is 8.39. The highest BCUT2D eigenvalue weighted by molar-refractivity contribution is 5.87. The molecule has 3 heteroatoms. The van der Waals surface area contributed by atoms with Gasteiger partial charge in [0, 0.05) is 0 Å². The summed E-state index contributed by atoms with van der Waals surface area (Å²) in [4.78, 5) is 10.6. The molecule has 1 aromatic carbocycles. The van der Waals surface area contributed by atoms with E-state index in [1.807, 2.05) is 0 Å². The molecule has 1 aliphatic rings. The fourth-order valence-electron chi connectivity index (χ4n) is 1.85. The van der Waals surface area contributed by atoms with Crippen molar-refractivity contribution in [3.05, 3.63) is 35.4 Å². The second kappa shape index (κ2) is 4.03. The molecular formula is C12H14O3. The van der Waals surface area contributed by atoms with Gasteiger partial charge in [-0.05, 0) is 36.5 Å². The van der Waals surface area contributed by atoms with Gasteiger partial charge < -0.3 is 10.2 Å². The SMILES string of the molecule is O=C(O)c1ccc([C@@H](O)C2CCC2)cc1. The Morgan fingerprint density at radius 2 is 1.87 bits per heavy atom. The molecule has 0 amide bonds. The molecule has 0 aliphatic heterocycles. The summed E-state index contributed by atoms with van der Waals surface area (Å²) in [5.74, 6) is -0.569. The van der Waals surface area contributed by atoms with Crippen LogP contribution in [0.25, 0.3) is 0 Å². The van der Waals surface area contributed by atoms with Gasteiger partial charge in [-0.15, -0.1) is 0 Å². The topological polar surface area (TPSA) is 57.5 Å². The molecule has 0 heterocycles. The fourth-order valence-corrected chi connectivity index (χ4v) is 1.85. The highest BCUT2D eigenvalue weighted by Gasteiger charge is 2.26. The van der Waals surface area contributed by atoms with Crippen molar-refractivity contribution in [3.8, 4) is 0 Å². The van der Waals surface area contributed by atoms with Crippen molar-refractivity contribution in [1.29, 1.82) is 0 Å². The number of carboxylic acid groups (broad SMARTS) is 1. The smallest absolute Gasteiger partial charge is 0.335 e. The quantitative estimate of drug-likeness (QED) is 0.797. The first kappa shape index (κ1) is 10.2. The van der Waals surface area contributed by atoms with E-state index in [4.69, 9.17) is 5.11 Å². The van der Waals surface area contributed by atoms with Crippen LogP contribution in [0.2, 0.25) is 0 Å². The Morgan fingerprint density at radius 1 is 1.27 bits per heavy atom. The van der Waals surface area contributed by atoms with E-state index < -0.39 is 12.1 Å². The van der Waals surface area contributed by atoms with E-state index >= 15 is 0 Å². The van der Waals surface area contributed by atoms with E-state index in [-0.39, 0.29) is 5.56 Å². The highest BCUT2D eigenvalue weighted by Crippen LogP contribution is 2.37. The molecule has 15 heavy (non-hydrogen) atoms. The molecule has 80 valence electrons. The molecule has 0 unspecified atom stereocenters. The third kappa shape index (κ3) is 2.02. The maximum Gasteiger partial charge on any atom is 0.335 e. The van der Waals surface area contributed by atoms with Crippen molar-refractivity contribution in [2.45, 2.75) is 25.4 Å². The normalized spacial score (nSPS) is 18.2. The zero-order chi connectivity index (χ0) is 10.8. The minimum absolute atomic E-state index is 0.263. The van der Waals surface area contributed by atoms with Gasteiger partial charge in [0.2, 0.25) is 0 Å². The predicted octanol–water partition coefficient (Wildman–Crippen LogP) is 2.22. The van der Waals surface area contributed by atoms with Crippen LogP contribution >= 0.6 is 0 Å². The average Bonchev–Trinajstić information content (AvgIpc) is 2.15. The summed E-state index contributed by atoms with van der Waals surface area (Å²) in [5.41, 5.74) is 1.09. The van der Waals surface area contributed by atoms with E-state index in [9.17, 15) is 9.90 Å². The lowest BCUT2D eigenvalue weighted by atomic mass is 9.79. The van der Waals surface area contributed by atoms with Gasteiger partial charge in [0.25, 0.3) is 0 Å². The Hall–Kier alpha value is -1.35. The summed E-state index contributed by atoms with van der Waals surface area (Å²) >= 11 is 0. The molecule has 0 radical (unpaired) electrons. The Kier molecular flexibility index (Phi) is 2.73. The van der Waals surface area contributed by atoms with Gasteiger partial charge in [-0.25, -0.2) is 4.79 Å². The number of carbonyl (C=O) groups is 1. The van der Waals surface area contributed by atoms with Gasteiger partial charge in [-0.3, -0.25) is 0 Å². The third-order valence-electron chi connectivity index (χ3n) is 3.10. The molecule has 1 aliphatic carbocycles. The van der Waals surface area contributed by atoms with Gasteiger partial charge in [0.15, 0.2) is 0 Å². The number of aromatic carboxylic acids is 1. The van der Waals surface area contributed by atoms with Crippen molar-refractivity contribution in [1.82, 2.24) is 0 Å². The Morgan fingerprint density at radius 3 is 2.27 bits per heavy atom. The van der Waals surface area contributed by atoms with Crippen molar-refractivity contribution in [2.24, 2.45) is 5.92 Å². The van der Waals surface area contributed by atoms with E-state index in [1.54, 1.807) is 24.3 Å². The first-order chi connectivity index (χ1) is 7.18. The van der Waals surface area contributed by atoms with Gasteiger partial charge in [0.1, 0.15) is 0 Å². The number of carboxylic acids is 1. The molecule has 1 atom stereocenters. The minimum atomic E-state index is -0.931. The highest BCUT2D eigenvalue weighted by atomic mass is 16.4. The third-order valence-corrected chi connectivity index (χ3v) is 3.10. The summed E-state index contributed by atoms with van der Waals surface area (Å²) in [5, 5.41) is 18.6. The second-order valence-corrected chi connectivity index (χ2v) is 4.06. The van der Waals surface area contributed by atoms with Gasteiger partial charge in [-0.1, -0.05) is 18.6 Å². The fraction of sp³-hybridized carbons (Fsp3) is 0.417. The molecule has 2 N–H and O–H groups in total. The van der Waals surface area contributed by atoms with Gasteiger partial charge in [-0.2, -0.15) is 0 Å². The summed E-state index contributed by atoms with van der Waals surface area (Å²) in [6, 6.07) is 6.48. The lowest BCUT2D eigenvalue weighted by Crippen LogP contribution is -2.19. The van der Waals surface area contributed by atoms with Crippen molar-refractivity contribution < 1.29 is 15.0 Å². The Bertz CT molecular complexity index is 352. The van der Waals surface area contributed by atoms with Crippen LogP contribution in [-0.2, 0) is 0 Å². The molecule has 3 nitrogen and oxygen atoms in total. The van der Waals surface area contributed by atoms with Crippen LogP contribution in [0.4, 0.5) is 0 Å². The lowest BCUT2D eigenvalue weighted by Gasteiger charge is -2.30.